The Morgan fingerprint density at radius 3 is 2.71 bits per heavy atom. The smallest absolute Gasteiger partial charge is 0.226 e. The first-order chi connectivity index (χ1) is 8.33. The molecule has 4 nitrogen and oxygen atoms in total. The molecule has 1 unspecified atom stereocenters. The Morgan fingerprint density at radius 2 is 1.94 bits per heavy atom. The molecule has 1 aliphatic heterocycles. The van der Waals surface area contributed by atoms with Crippen LogP contribution in [0.25, 0.3) is 0 Å². The molecule has 2 N–H and O–H groups in total. The molecule has 2 aromatic rings. The number of nitrogens with one attached hydrogen (secondary N) is 2. The third-order valence-corrected chi connectivity index (χ3v) is 2.81. The number of carbonyl (C=O) groups excluding carboxylic acids is 1. The average Bonchev–Trinajstić information content (AvgIpc) is 2.79. The van der Waals surface area contributed by atoms with Crippen LogP contribution >= 0.6 is 0 Å². The summed E-state index contributed by atoms with van der Waals surface area (Å²) in [5.74, 6) is 0.765. The van der Waals surface area contributed by atoms with Crippen molar-refractivity contribution in [3.8, 4) is 0 Å². The molecule has 3 rings (SSSR count). The Morgan fingerprint density at radius 1 is 1.12 bits per heavy atom. The van der Waals surface area contributed by atoms with Crippen molar-refractivity contribution in [2.45, 2.75) is 12.5 Å². The van der Waals surface area contributed by atoms with Crippen LogP contribution in [0.5, 0.6) is 0 Å². The van der Waals surface area contributed by atoms with E-state index < -0.39 is 0 Å². The number of furan rings is 1. The molecule has 1 aliphatic rings. The van der Waals surface area contributed by atoms with E-state index in [1.165, 1.54) is 0 Å². The van der Waals surface area contributed by atoms with Gasteiger partial charge in [0.15, 0.2) is 0 Å². The highest BCUT2D eigenvalue weighted by molar-refractivity contribution is 5.96. The second-order valence-corrected chi connectivity index (χ2v) is 4.01. The molecule has 0 aliphatic carbocycles. The monoisotopic (exact) mass is 228 g/mol. The molecule has 1 atom stereocenters. The molecule has 17 heavy (non-hydrogen) atoms. The zero-order valence-corrected chi connectivity index (χ0v) is 9.14. The molecule has 0 bridgehead atoms. The molecular weight excluding hydrogens is 216 g/mol. The fourth-order valence-electron chi connectivity index (χ4n) is 2.00. The Labute approximate surface area is 98.6 Å². The number of anilines is 2. The van der Waals surface area contributed by atoms with Crippen molar-refractivity contribution < 1.29 is 9.21 Å². The van der Waals surface area contributed by atoms with Crippen LogP contribution in [-0.2, 0) is 4.79 Å². The summed E-state index contributed by atoms with van der Waals surface area (Å²) in [7, 11) is 0. The number of para-hydroxylation sites is 2. The van der Waals surface area contributed by atoms with Gasteiger partial charge in [0, 0.05) is 0 Å². The van der Waals surface area contributed by atoms with E-state index in [9.17, 15) is 4.79 Å². The molecule has 4 heteroatoms. The summed E-state index contributed by atoms with van der Waals surface area (Å²) in [6, 6.07) is 11.2. The minimum Gasteiger partial charge on any atom is -0.467 e. The van der Waals surface area contributed by atoms with Crippen molar-refractivity contribution in [3.05, 3.63) is 48.4 Å². The highest BCUT2D eigenvalue weighted by atomic mass is 16.3. The molecule has 2 heterocycles. The number of hydrogen-bond acceptors (Lipinski definition) is 3. The predicted molar refractivity (Wildman–Crippen MR) is 64.8 cm³/mol. The van der Waals surface area contributed by atoms with E-state index in [4.69, 9.17) is 4.42 Å². The second kappa shape index (κ2) is 3.97. The van der Waals surface area contributed by atoms with E-state index in [0.29, 0.717) is 6.42 Å². The number of rotatable bonds is 1. The molecule has 0 spiro atoms. The van der Waals surface area contributed by atoms with E-state index in [0.717, 1.165) is 17.1 Å². The van der Waals surface area contributed by atoms with Gasteiger partial charge in [-0.25, -0.2) is 0 Å². The summed E-state index contributed by atoms with van der Waals surface area (Å²) in [6.45, 7) is 0. The van der Waals surface area contributed by atoms with E-state index >= 15 is 0 Å². The van der Waals surface area contributed by atoms with E-state index in [2.05, 4.69) is 10.6 Å². The van der Waals surface area contributed by atoms with Crippen LogP contribution in [0.15, 0.2) is 47.1 Å². The molecule has 0 saturated heterocycles. The fourth-order valence-corrected chi connectivity index (χ4v) is 2.00. The van der Waals surface area contributed by atoms with E-state index in [1.54, 1.807) is 6.26 Å². The normalized spacial score (nSPS) is 18.8. The minimum absolute atomic E-state index is 0.0103. The number of carbonyl (C=O) groups is 1. The molecule has 0 saturated carbocycles. The second-order valence-electron chi connectivity index (χ2n) is 4.01. The van der Waals surface area contributed by atoms with Gasteiger partial charge in [-0.05, 0) is 24.3 Å². The summed E-state index contributed by atoms with van der Waals surface area (Å²) < 4.78 is 5.35. The molecular formula is C13H12N2O2. The van der Waals surface area contributed by atoms with Gasteiger partial charge >= 0.3 is 0 Å². The molecule has 1 amide bonds. The molecule has 1 aromatic carbocycles. The molecule has 86 valence electrons. The van der Waals surface area contributed by atoms with Gasteiger partial charge in [0.05, 0.1) is 30.1 Å². The lowest BCUT2D eigenvalue weighted by Gasteiger charge is -2.14. The van der Waals surface area contributed by atoms with Crippen LogP contribution in [-0.4, -0.2) is 5.91 Å². The van der Waals surface area contributed by atoms with Crippen LogP contribution in [0.4, 0.5) is 11.4 Å². The van der Waals surface area contributed by atoms with Crippen molar-refractivity contribution in [1.82, 2.24) is 0 Å². The Kier molecular flexibility index (Phi) is 2.33. The number of amides is 1. The summed E-state index contributed by atoms with van der Waals surface area (Å²) >= 11 is 0. The zero-order valence-electron chi connectivity index (χ0n) is 9.14. The summed E-state index contributed by atoms with van der Waals surface area (Å²) in [6.07, 6.45) is 1.98. The highest BCUT2D eigenvalue weighted by Gasteiger charge is 2.23. The van der Waals surface area contributed by atoms with Gasteiger partial charge in [-0.15, -0.1) is 0 Å². The van der Waals surface area contributed by atoms with Crippen molar-refractivity contribution in [3.63, 3.8) is 0 Å². The summed E-state index contributed by atoms with van der Waals surface area (Å²) in [5, 5.41) is 6.19. The van der Waals surface area contributed by atoms with Crippen molar-refractivity contribution in [1.29, 1.82) is 0 Å². The zero-order chi connectivity index (χ0) is 11.7. The van der Waals surface area contributed by atoms with Gasteiger partial charge in [-0.2, -0.15) is 0 Å². The highest BCUT2D eigenvalue weighted by Crippen LogP contribution is 2.31. The van der Waals surface area contributed by atoms with Crippen molar-refractivity contribution >= 4 is 17.3 Å². The van der Waals surface area contributed by atoms with Crippen molar-refractivity contribution in [2.24, 2.45) is 0 Å². The van der Waals surface area contributed by atoms with E-state index in [1.807, 2.05) is 36.4 Å². The number of hydrogen-bond donors (Lipinski definition) is 2. The topological polar surface area (TPSA) is 54.3 Å². The predicted octanol–water partition coefficient (Wildman–Crippen LogP) is 2.78. The minimum atomic E-state index is -0.117. The van der Waals surface area contributed by atoms with Crippen LogP contribution in [0, 0.1) is 0 Å². The Hall–Kier alpha value is -2.23. The largest absolute Gasteiger partial charge is 0.467 e. The lowest BCUT2D eigenvalue weighted by Crippen LogP contribution is -2.15. The number of benzene rings is 1. The Balaban J connectivity index is 1.98. The van der Waals surface area contributed by atoms with Crippen molar-refractivity contribution in [2.75, 3.05) is 10.6 Å². The fraction of sp³-hybridized carbons (Fsp3) is 0.154. The van der Waals surface area contributed by atoms with Crippen LogP contribution < -0.4 is 10.6 Å². The third kappa shape index (κ3) is 1.89. The standard InChI is InChI=1S/C13H12N2O2/c16-13-8-11(12-6-3-7-17-12)14-9-4-1-2-5-10(9)15-13/h1-7,11,14H,8H2,(H,15,16). The van der Waals surface area contributed by atoms with Gasteiger partial charge < -0.3 is 15.1 Å². The third-order valence-electron chi connectivity index (χ3n) is 2.81. The first-order valence-corrected chi connectivity index (χ1v) is 5.52. The van der Waals surface area contributed by atoms with Crippen LogP contribution in [0.2, 0.25) is 0 Å². The van der Waals surface area contributed by atoms with Gasteiger partial charge in [-0.3, -0.25) is 4.79 Å². The summed E-state index contributed by atoms with van der Waals surface area (Å²) in [4.78, 5) is 11.8. The lowest BCUT2D eigenvalue weighted by molar-refractivity contribution is -0.116. The number of fused-ring (bicyclic) bond motifs is 1. The molecule has 0 fully saturated rings. The molecule has 1 aromatic heterocycles. The Bertz CT molecular complexity index is 534. The maximum atomic E-state index is 11.8. The van der Waals surface area contributed by atoms with E-state index in [-0.39, 0.29) is 11.9 Å². The van der Waals surface area contributed by atoms with Gasteiger partial charge in [0.25, 0.3) is 0 Å². The quantitative estimate of drug-likeness (QED) is 0.789. The summed E-state index contributed by atoms with van der Waals surface area (Å²) in [5.41, 5.74) is 1.73. The first-order valence-electron chi connectivity index (χ1n) is 5.52. The first kappa shape index (κ1) is 9.96. The van der Waals surface area contributed by atoms with Gasteiger partial charge in [-0.1, -0.05) is 12.1 Å². The van der Waals surface area contributed by atoms with Crippen LogP contribution in [0.3, 0.4) is 0 Å². The maximum Gasteiger partial charge on any atom is 0.226 e. The van der Waals surface area contributed by atoms with Gasteiger partial charge in [0.1, 0.15) is 5.76 Å². The van der Waals surface area contributed by atoms with Gasteiger partial charge in [0.2, 0.25) is 5.91 Å². The molecule has 0 radical (unpaired) electrons. The maximum absolute atomic E-state index is 11.8. The average molecular weight is 228 g/mol. The SMILES string of the molecule is O=C1CC(c2ccco2)Nc2ccccc2N1. The van der Waals surface area contributed by atoms with Crippen LogP contribution in [0.1, 0.15) is 18.2 Å². The lowest BCUT2D eigenvalue weighted by atomic mass is 10.1.